The van der Waals surface area contributed by atoms with Gasteiger partial charge in [-0.15, -0.1) is 5.43 Å². The van der Waals surface area contributed by atoms with Crippen molar-refractivity contribution >= 4 is 0 Å². The van der Waals surface area contributed by atoms with Gasteiger partial charge in [0.15, 0.2) is 0 Å². The maximum atomic E-state index is 10.1. The van der Waals surface area contributed by atoms with Crippen LogP contribution in [-0.4, -0.2) is 43.1 Å². The van der Waals surface area contributed by atoms with Crippen LogP contribution < -0.4 is 10.7 Å². The molecule has 6 heteroatoms. The molecule has 0 amide bonds. The van der Waals surface area contributed by atoms with Crippen molar-refractivity contribution in [3.63, 3.8) is 0 Å². The van der Waals surface area contributed by atoms with E-state index in [1.165, 1.54) is 51.4 Å². The normalized spacial score (nSPS) is 14.0. The Morgan fingerprint density at radius 2 is 1.45 bits per heavy atom. The molecule has 0 bridgehead atoms. The molecule has 1 rings (SSSR count). The molecule has 1 saturated heterocycles. The van der Waals surface area contributed by atoms with Gasteiger partial charge >= 0.3 is 5.03 Å². The fraction of sp³-hybridized carbons (Fsp3) is 1.00. The lowest BCUT2D eigenvalue weighted by Crippen LogP contribution is -2.30. The first kappa shape index (κ1) is 21.1. The molecule has 6 nitrogen and oxygen atoms in total. The van der Waals surface area contributed by atoms with Gasteiger partial charge in [-0.3, -0.25) is 0 Å². The maximum Gasteiger partial charge on any atom is 0.354 e. The number of nitrogens with zero attached hydrogens (tertiary/aromatic N) is 1. The molecule has 0 saturated carbocycles. The van der Waals surface area contributed by atoms with E-state index in [0.717, 1.165) is 39.1 Å². The van der Waals surface area contributed by atoms with Crippen LogP contribution >= 0.6 is 0 Å². The molecular weight excluding hydrogens is 282 g/mol. The molecule has 0 aliphatic carbocycles. The second kappa shape index (κ2) is 18.2. The van der Waals surface area contributed by atoms with Crippen LogP contribution in [0.15, 0.2) is 0 Å². The van der Waals surface area contributed by atoms with Crippen LogP contribution in [0.25, 0.3) is 0 Å². The number of nitrogens with one attached hydrogen (secondary N) is 2. The molecule has 0 spiro atoms. The summed E-state index contributed by atoms with van der Waals surface area (Å²) in [4.78, 5) is 10.1. The van der Waals surface area contributed by atoms with E-state index in [2.05, 4.69) is 17.7 Å². The Bertz CT molecular complexity index is 225. The fourth-order valence-corrected chi connectivity index (χ4v) is 2.30. The summed E-state index contributed by atoms with van der Waals surface area (Å²) in [6.45, 7) is 6.64. The van der Waals surface area contributed by atoms with E-state index in [4.69, 9.17) is 9.94 Å². The van der Waals surface area contributed by atoms with Crippen LogP contribution in [0.4, 0.5) is 0 Å². The molecule has 0 aromatic carbocycles. The molecule has 1 heterocycles. The van der Waals surface area contributed by atoms with E-state index in [9.17, 15) is 4.91 Å². The van der Waals surface area contributed by atoms with Crippen LogP contribution in [0.5, 0.6) is 0 Å². The highest BCUT2D eigenvalue weighted by Gasteiger charge is 1.98. The summed E-state index contributed by atoms with van der Waals surface area (Å²) in [5.74, 6) is 0. The lowest BCUT2D eigenvalue weighted by atomic mass is 10.1. The second-order valence-electron chi connectivity index (χ2n) is 5.73. The first-order valence-corrected chi connectivity index (χ1v) is 8.95. The standard InChI is InChI=1S/C12H27N2O2.C4H9NO/c1-2-3-4-5-6-7-8-9-10-11-12-13-14(15)16;1-3-6-4-2-5-1/h13H,2-12H2,1H3,(H,15,16);5H,1-4H2/q+1;. The van der Waals surface area contributed by atoms with Crippen LogP contribution in [0.1, 0.15) is 71.1 Å². The number of hydrogen-bond donors (Lipinski definition) is 3. The highest BCUT2D eigenvalue weighted by Crippen LogP contribution is 2.10. The van der Waals surface area contributed by atoms with Crippen LogP contribution in [0.3, 0.4) is 0 Å². The Morgan fingerprint density at radius 3 is 1.82 bits per heavy atom. The van der Waals surface area contributed by atoms with E-state index in [-0.39, 0.29) is 5.03 Å². The molecule has 3 N–H and O–H groups in total. The van der Waals surface area contributed by atoms with Gasteiger partial charge in [0.1, 0.15) is 4.91 Å². The third kappa shape index (κ3) is 19.1. The summed E-state index contributed by atoms with van der Waals surface area (Å²) in [5, 5.41) is 11.2. The number of hydrazine groups is 1. The number of morpholine rings is 1. The Hall–Kier alpha value is -0.880. The Labute approximate surface area is 135 Å². The Morgan fingerprint density at radius 1 is 0.955 bits per heavy atom. The zero-order chi connectivity index (χ0) is 16.3. The van der Waals surface area contributed by atoms with Gasteiger partial charge in [-0.05, 0) is 6.42 Å². The summed E-state index contributed by atoms with van der Waals surface area (Å²) < 4.78 is 5.01. The highest BCUT2D eigenvalue weighted by atomic mass is 16.7. The lowest BCUT2D eigenvalue weighted by molar-refractivity contribution is -0.832. The number of unbranched alkanes of at least 4 members (excludes halogenated alkanes) is 9. The van der Waals surface area contributed by atoms with Gasteiger partial charge in [-0.1, -0.05) is 64.7 Å². The molecule has 0 aromatic heterocycles. The number of hydrogen-bond acceptors (Lipinski definition) is 3. The summed E-state index contributed by atoms with van der Waals surface area (Å²) in [7, 11) is 0. The van der Waals surface area contributed by atoms with Crippen molar-refractivity contribution in [1.82, 2.24) is 10.7 Å². The summed E-state index contributed by atoms with van der Waals surface area (Å²) in [5.41, 5.74) is 2.30. The van der Waals surface area contributed by atoms with Crippen molar-refractivity contribution in [3.8, 4) is 0 Å². The van der Waals surface area contributed by atoms with E-state index < -0.39 is 0 Å². The summed E-state index contributed by atoms with van der Waals surface area (Å²) in [6.07, 6.45) is 12.8. The lowest BCUT2D eigenvalue weighted by Gasteiger charge is -2.10. The first-order valence-electron chi connectivity index (χ1n) is 8.95. The fourth-order valence-electron chi connectivity index (χ4n) is 2.30. The topological polar surface area (TPSA) is 73.6 Å². The predicted molar refractivity (Wildman–Crippen MR) is 88.9 cm³/mol. The van der Waals surface area contributed by atoms with E-state index in [1.54, 1.807) is 0 Å². The van der Waals surface area contributed by atoms with Gasteiger partial charge in [0.2, 0.25) is 0 Å². The first-order chi connectivity index (χ1) is 10.8. The number of ether oxygens (including phenoxy) is 1. The molecule has 0 unspecified atom stereocenters. The molecule has 0 radical (unpaired) electrons. The van der Waals surface area contributed by atoms with Crippen molar-refractivity contribution in [2.75, 3.05) is 32.8 Å². The SMILES string of the molecule is C1COCCN1.CCCCCCCCCCCCN[N+](=O)O. The Kier molecular flexibility index (Phi) is 17.4. The van der Waals surface area contributed by atoms with Crippen LogP contribution in [-0.2, 0) is 4.74 Å². The minimum atomic E-state index is -0.215. The predicted octanol–water partition coefficient (Wildman–Crippen LogP) is 3.19. The van der Waals surface area contributed by atoms with Gasteiger partial charge in [0.05, 0.1) is 19.8 Å². The third-order valence-corrected chi connectivity index (χ3v) is 3.62. The zero-order valence-corrected chi connectivity index (χ0v) is 14.3. The van der Waals surface area contributed by atoms with Crippen molar-refractivity contribution < 1.29 is 15.0 Å². The molecular formula is C16H36N3O3+. The van der Waals surface area contributed by atoms with Crippen molar-refractivity contribution in [3.05, 3.63) is 4.91 Å². The van der Waals surface area contributed by atoms with Gasteiger partial charge in [-0.25, -0.2) is 5.21 Å². The van der Waals surface area contributed by atoms with Gasteiger partial charge in [0, 0.05) is 13.1 Å². The van der Waals surface area contributed by atoms with E-state index in [0.29, 0.717) is 6.54 Å². The van der Waals surface area contributed by atoms with Crippen molar-refractivity contribution in [2.45, 2.75) is 71.1 Å². The zero-order valence-electron chi connectivity index (χ0n) is 14.3. The van der Waals surface area contributed by atoms with Crippen molar-refractivity contribution in [2.24, 2.45) is 0 Å². The quantitative estimate of drug-likeness (QED) is 0.381. The minimum Gasteiger partial charge on any atom is -0.379 e. The summed E-state index contributed by atoms with van der Waals surface area (Å²) in [6, 6.07) is 0. The molecule has 1 fully saturated rings. The minimum absolute atomic E-state index is 0.215. The van der Waals surface area contributed by atoms with Crippen LogP contribution in [0.2, 0.25) is 0 Å². The average Bonchev–Trinajstić information content (AvgIpc) is 2.54. The summed E-state index contributed by atoms with van der Waals surface area (Å²) >= 11 is 0. The van der Waals surface area contributed by atoms with Gasteiger partial charge in [-0.2, -0.15) is 0 Å². The molecule has 0 aromatic rings. The maximum absolute atomic E-state index is 10.1. The second-order valence-corrected chi connectivity index (χ2v) is 5.73. The third-order valence-electron chi connectivity index (χ3n) is 3.62. The molecule has 1 aliphatic heterocycles. The molecule has 132 valence electrons. The smallest absolute Gasteiger partial charge is 0.354 e. The number of rotatable bonds is 12. The van der Waals surface area contributed by atoms with Gasteiger partial charge in [0.25, 0.3) is 0 Å². The Balaban J connectivity index is 0.000000604. The molecule has 1 aliphatic rings. The monoisotopic (exact) mass is 318 g/mol. The van der Waals surface area contributed by atoms with E-state index in [1.807, 2.05) is 0 Å². The highest BCUT2D eigenvalue weighted by molar-refractivity contribution is 4.49. The molecule has 0 atom stereocenters. The largest absolute Gasteiger partial charge is 0.379 e. The van der Waals surface area contributed by atoms with Crippen molar-refractivity contribution in [1.29, 1.82) is 0 Å². The van der Waals surface area contributed by atoms with Crippen LogP contribution in [0, 0.1) is 4.91 Å². The average molecular weight is 318 g/mol. The molecule has 22 heavy (non-hydrogen) atoms. The van der Waals surface area contributed by atoms with Gasteiger partial charge < -0.3 is 10.1 Å². The van der Waals surface area contributed by atoms with E-state index >= 15 is 0 Å².